The van der Waals surface area contributed by atoms with Crippen LogP contribution in [0.15, 0.2) is 18.2 Å². The number of nitrogens with two attached hydrogens (primary N) is 1. The van der Waals surface area contributed by atoms with Crippen molar-refractivity contribution < 1.29 is 23.9 Å². The highest BCUT2D eigenvalue weighted by atomic mass is 16.6. The molecule has 2 aliphatic rings. The van der Waals surface area contributed by atoms with E-state index in [1.54, 1.807) is 32.9 Å². The highest BCUT2D eigenvalue weighted by molar-refractivity contribution is 6.01. The van der Waals surface area contributed by atoms with Crippen LogP contribution in [0.25, 0.3) is 0 Å². The normalized spacial score (nSPS) is 21.9. The predicted molar refractivity (Wildman–Crippen MR) is 107 cm³/mol. The molecule has 0 aromatic heterocycles. The Morgan fingerprint density at radius 1 is 1.28 bits per heavy atom. The van der Waals surface area contributed by atoms with Crippen molar-refractivity contribution in [2.75, 3.05) is 0 Å². The molecule has 2 amide bonds. The molecule has 1 heterocycles. The minimum atomic E-state index is -0.862. The predicted octanol–water partition coefficient (Wildman–Crippen LogP) is 2.80. The van der Waals surface area contributed by atoms with Gasteiger partial charge in [0.1, 0.15) is 17.4 Å². The van der Waals surface area contributed by atoms with E-state index in [1.807, 2.05) is 6.07 Å². The number of hydrogen-bond donors (Lipinski definition) is 1. The van der Waals surface area contributed by atoms with E-state index < -0.39 is 23.5 Å². The Labute approximate surface area is 171 Å². The Kier molecular flexibility index (Phi) is 5.87. The second-order valence-corrected chi connectivity index (χ2v) is 9.11. The number of esters is 1. The molecule has 0 spiro atoms. The van der Waals surface area contributed by atoms with E-state index in [9.17, 15) is 14.4 Å². The zero-order valence-corrected chi connectivity index (χ0v) is 17.6. The third-order valence-electron chi connectivity index (χ3n) is 5.29. The topological polar surface area (TPSA) is 98.9 Å². The maximum atomic E-state index is 12.8. The zero-order chi connectivity index (χ0) is 21.3. The van der Waals surface area contributed by atoms with Crippen LogP contribution in [0, 0.1) is 5.92 Å². The molecule has 1 aliphatic carbocycles. The van der Waals surface area contributed by atoms with Gasteiger partial charge in [0.05, 0.1) is 6.10 Å². The van der Waals surface area contributed by atoms with Crippen LogP contribution in [-0.4, -0.2) is 40.4 Å². The molecule has 1 saturated carbocycles. The highest BCUT2D eigenvalue weighted by Crippen LogP contribution is 2.33. The number of ether oxygens (including phenoxy) is 2. The first-order valence-electron chi connectivity index (χ1n) is 10.1. The fourth-order valence-corrected chi connectivity index (χ4v) is 3.86. The summed E-state index contributed by atoms with van der Waals surface area (Å²) in [5.74, 6) is 0.122. The fraction of sp³-hybridized carbons (Fsp3) is 0.591. The third kappa shape index (κ3) is 5.08. The lowest BCUT2D eigenvalue weighted by atomic mass is 9.84. The van der Waals surface area contributed by atoms with Gasteiger partial charge in [-0.05, 0) is 69.7 Å². The van der Waals surface area contributed by atoms with Crippen molar-refractivity contribution in [3.8, 4) is 5.75 Å². The maximum absolute atomic E-state index is 12.8. The Balaban J connectivity index is 1.65. The molecule has 7 nitrogen and oxygen atoms in total. The summed E-state index contributed by atoms with van der Waals surface area (Å²) < 4.78 is 11.3. The number of fused-ring (bicyclic) bond motifs is 1. The second-order valence-electron chi connectivity index (χ2n) is 9.11. The van der Waals surface area contributed by atoms with Gasteiger partial charge in [-0.3, -0.25) is 14.4 Å². The first kappa shape index (κ1) is 21.1. The number of hydrogen-bond acceptors (Lipinski definition) is 5. The first-order valence-corrected chi connectivity index (χ1v) is 10.1. The van der Waals surface area contributed by atoms with Crippen molar-refractivity contribution in [2.24, 2.45) is 11.7 Å². The van der Waals surface area contributed by atoms with Gasteiger partial charge in [-0.1, -0.05) is 6.92 Å². The molecule has 0 bridgehead atoms. The number of carbonyl (C=O) groups excluding carboxylic acids is 3. The number of nitrogens with zero attached hydrogens (tertiary/aromatic N) is 1. The van der Waals surface area contributed by atoms with Gasteiger partial charge in [0.25, 0.3) is 5.91 Å². The molecule has 158 valence electrons. The van der Waals surface area contributed by atoms with E-state index in [4.69, 9.17) is 15.2 Å². The minimum absolute atomic E-state index is 0.0131. The summed E-state index contributed by atoms with van der Waals surface area (Å²) in [6.07, 6.45) is 2.45. The Hall–Kier alpha value is -2.57. The van der Waals surface area contributed by atoms with Gasteiger partial charge in [-0.25, -0.2) is 0 Å². The van der Waals surface area contributed by atoms with Gasteiger partial charge in [0.15, 0.2) is 0 Å². The Bertz CT molecular complexity index is 808. The van der Waals surface area contributed by atoms with E-state index in [2.05, 4.69) is 6.92 Å². The molecule has 1 aromatic rings. The molecule has 1 unspecified atom stereocenters. The molecular weight excluding hydrogens is 372 g/mol. The standard InChI is InChI=1S/C22H30N2O5/c1-13-9-16(10-13)28-15-5-6-17-14(11-15)12-24(21(17)27)18(20(23)26)7-8-19(25)29-22(2,3)4/h5-6,11,13,16,18H,7-10,12H2,1-4H3,(H2,23,26). The number of primary amides is 1. The molecule has 0 saturated heterocycles. The number of rotatable bonds is 7. The Morgan fingerprint density at radius 3 is 2.55 bits per heavy atom. The van der Waals surface area contributed by atoms with Gasteiger partial charge in [-0.2, -0.15) is 0 Å². The lowest BCUT2D eigenvalue weighted by Crippen LogP contribution is -2.45. The fourth-order valence-electron chi connectivity index (χ4n) is 3.86. The molecule has 1 aliphatic heterocycles. The second kappa shape index (κ2) is 8.05. The summed E-state index contributed by atoms with van der Waals surface area (Å²) in [4.78, 5) is 38.3. The molecule has 0 radical (unpaired) electrons. The quantitative estimate of drug-likeness (QED) is 0.707. The number of carbonyl (C=O) groups is 3. The van der Waals surface area contributed by atoms with E-state index in [0.29, 0.717) is 11.5 Å². The molecular formula is C22H30N2O5. The zero-order valence-electron chi connectivity index (χ0n) is 17.6. The summed E-state index contributed by atoms with van der Waals surface area (Å²) in [7, 11) is 0. The average molecular weight is 402 g/mol. The van der Waals surface area contributed by atoms with Gasteiger partial charge in [0.2, 0.25) is 5.91 Å². The van der Waals surface area contributed by atoms with Crippen molar-refractivity contribution in [2.45, 2.75) is 77.7 Å². The van der Waals surface area contributed by atoms with Crippen molar-refractivity contribution in [3.05, 3.63) is 29.3 Å². The molecule has 1 aromatic carbocycles. The summed E-state index contributed by atoms with van der Waals surface area (Å²) >= 11 is 0. The van der Waals surface area contributed by atoms with E-state index in [1.165, 1.54) is 4.90 Å². The monoisotopic (exact) mass is 402 g/mol. The summed E-state index contributed by atoms with van der Waals surface area (Å²) in [6, 6.07) is 4.53. The van der Waals surface area contributed by atoms with Gasteiger partial charge < -0.3 is 20.1 Å². The van der Waals surface area contributed by atoms with Gasteiger partial charge in [-0.15, -0.1) is 0 Å². The largest absolute Gasteiger partial charge is 0.490 e. The van der Waals surface area contributed by atoms with Crippen molar-refractivity contribution >= 4 is 17.8 Å². The molecule has 1 fully saturated rings. The molecule has 3 rings (SSSR count). The van der Waals surface area contributed by atoms with E-state index in [-0.39, 0.29) is 31.4 Å². The molecule has 29 heavy (non-hydrogen) atoms. The van der Waals surface area contributed by atoms with E-state index in [0.717, 1.165) is 24.2 Å². The smallest absolute Gasteiger partial charge is 0.306 e. The maximum Gasteiger partial charge on any atom is 0.306 e. The van der Waals surface area contributed by atoms with Crippen LogP contribution in [0.1, 0.15) is 69.3 Å². The summed E-state index contributed by atoms with van der Waals surface area (Å²) in [5, 5.41) is 0. The molecule has 7 heteroatoms. The SMILES string of the molecule is CC1CC(Oc2ccc3c(c2)CN(C(CCC(=O)OC(C)(C)C)C(N)=O)C3=O)C1. The van der Waals surface area contributed by atoms with E-state index >= 15 is 0 Å². The van der Waals surface area contributed by atoms with Crippen LogP contribution in [0.3, 0.4) is 0 Å². The summed E-state index contributed by atoms with van der Waals surface area (Å²) in [6.45, 7) is 7.80. The molecule has 1 atom stereocenters. The highest BCUT2D eigenvalue weighted by Gasteiger charge is 2.36. The summed E-state index contributed by atoms with van der Waals surface area (Å²) in [5.41, 5.74) is 6.30. The first-order chi connectivity index (χ1) is 13.5. The van der Waals surface area contributed by atoms with Crippen LogP contribution >= 0.6 is 0 Å². The van der Waals surface area contributed by atoms with Crippen LogP contribution in [0.4, 0.5) is 0 Å². The van der Waals surface area contributed by atoms with Crippen molar-refractivity contribution in [1.29, 1.82) is 0 Å². The lowest BCUT2D eigenvalue weighted by Gasteiger charge is -2.32. The van der Waals surface area contributed by atoms with Crippen LogP contribution in [0.2, 0.25) is 0 Å². The number of benzene rings is 1. The van der Waals surface area contributed by atoms with Crippen LogP contribution in [-0.2, 0) is 20.9 Å². The lowest BCUT2D eigenvalue weighted by molar-refractivity contribution is -0.155. The Morgan fingerprint density at radius 2 is 1.97 bits per heavy atom. The third-order valence-corrected chi connectivity index (χ3v) is 5.29. The van der Waals surface area contributed by atoms with Gasteiger partial charge in [0, 0.05) is 18.5 Å². The van der Waals surface area contributed by atoms with Crippen LogP contribution < -0.4 is 10.5 Å². The van der Waals surface area contributed by atoms with Crippen molar-refractivity contribution in [1.82, 2.24) is 4.90 Å². The molecule has 2 N–H and O–H groups in total. The van der Waals surface area contributed by atoms with Crippen molar-refractivity contribution in [3.63, 3.8) is 0 Å². The van der Waals surface area contributed by atoms with Crippen LogP contribution in [0.5, 0.6) is 5.75 Å². The number of amides is 2. The van der Waals surface area contributed by atoms with Gasteiger partial charge >= 0.3 is 5.97 Å². The minimum Gasteiger partial charge on any atom is -0.490 e. The average Bonchev–Trinajstić information content (AvgIpc) is 2.88.